The first-order chi connectivity index (χ1) is 9.11. The van der Waals surface area contributed by atoms with Gasteiger partial charge in [-0.2, -0.15) is 5.10 Å². The lowest BCUT2D eigenvalue weighted by molar-refractivity contribution is 0.576. The monoisotopic (exact) mass is 278 g/mol. The molecule has 102 valence electrons. The lowest BCUT2D eigenvalue weighted by Crippen LogP contribution is -2.17. The second kappa shape index (κ2) is 6.17. The van der Waals surface area contributed by atoms with Crippen molar-refractivity contribution < 1.29 is 0 Å². The fourth-order valence-corrected chi connectivity index (χ4v) is 2.25. The molecule has 0 aromatic carbocycles. The summed E-state index contributed by atoms with van der Waals surface area (Å²) >= 11 is 6.26. The zero-order valence-corrected chi connectivity index (χ0v) is 12.3. The van der Waals surface area contributed by atoms with Crippen molar-refractivity contribution in [3.63, 3.8) is 0 Å². The van der Waals surface area contributed by atoms with Crippen molar-refractivity contribution in [3.05, 3.63) is 46.0 Å². The van der Waals surface area contributed by atoms with E-state index in [2.05, 4.69) is 22.3 Å². The standard InChI is InChI=1S/C14H19ClN4/c1-4-19-13(14(15)11(3)18-19)9-16-8-12-7-5-6-10(2)17-12/h5-7,16H,4,8-9H2,1-3H3. The fourth-order valence-electron chi connectivity index (χ4n) is 2.04. The van der Waals surface area contributed by atoms with E-state index < -0.39 is 0 Å². The Hall–Kier alpha value is -1.39. The van der Waals surface area contributed by atoms with Crippen LogP contribution in [-0.4, -0.2) is 14.8 Å². The van der Waals surface area contributed by atoms with Gasteiger partial charge < -0.3 is 5.32 Å². The van der Waals surface area contributed by atoms with E-state index in [1.165, 1.54) is 0 Å². The summed E-state index contributed by atoms with van der Waals surface area (Å²) in [6.45, 7) is 8.24. The summed E-state index contributed by atoms with van der Waals surface area (Å²) in [6, 6.07) is 6.03. The first-order valence-electron chi connectivity index (χ1n) is 6.46. The van der Waals surface area contributed by atoms with Crippen LogP contribution in [0.1, 0.15) is 29.7 Å². The van der Waals surface area contributed by atoms with Gasteiger partial charge in [0.05, 0.1) is 22.1 Å². The molecule has 2 aromatic heterocycles. The highest BCUT2D eigenvalue weighted by molar-refractivity contribution is 6.31. The zero-order valence-electron chi connectivity index (χ0n) is 11.6. The molecule has 2 aromatic rings. The summed E-state index contributed by atoms with van der Waals surface area (Å²) in [7, 11) is 0. The van der Waals surface area contributed by atoms with E-state index in [0.717, 1.165) is 40.9 Å². The molecular formula is C14H19ClN4. The Kier molecular flexibility index (Phi) is 4.56. The van der Waals surface area contributed by atoms with Gasteiger partial charge in [-0.25, -0.2) is 0 Å². The van der Waals surface area contributed by atoms with Gasteiger partial charge in [0.25, 0.3) is 0 Å². The van der Waals surface area contributed by atoms with Crippen molar-refractivity contribution in [2.75, 3.05) is 0 Å². The van der Waals surface area contributed by atoms with E-state index in [1.54, 1.807) is 0 Å². The maximum atomic E-state index is 6.26. The van der Waals surface area contributed by atoms with Crippen LogP contribution in [0.2, 0.25) is 5.02 Å². The minimum Gasteiger partial charge on any atom is -0.305 e. The largest absolute Gasteiger partial charge is 0.305 e. The van der Waals surface area contributed by atoms with Crippen LogP contribution in [0.25, 0.3) is 0 Å². The van der Waals surface area contributed by atoms with Crippen LogP contribution < -0.4 is 5.32 Å². The number of hydrogen-bond donors (Lipinski definition) is 1. The van der Waals surface area contributed by atoms with Gasteiger partial charge in [0.15, 0.2) is 0 Å². The van der Waals surface area contributed by atoms with Crippen molar-refractivity contribution in [1.29, 1.82) is 0 Å². The van der Waals surface area contributed by atoms with Crippen molar-refractivity contribution in [3.8, 4) is 0 Å². The smallest absolute Gasteiger partial charge is 0.0860 e. The number of aryl methyl sites for hydroxylation is 3. The summed E-state index contributed by atoms with van der Waals surface area (Å²) < 4.78 is 1.94. The Morgan fingerprint density at radius 1 is 1.26 bits per heavy atom. The second-order valence-electron chi connectivity index (χ2n) is 4.54. The zero-order chi connectivity index (χ0) is 13.8. The third-order valence-electron chi connectivity index (χ3n) is 3.00. The predicted molar refractivity (Wildman–Crippen MR) is 77.2 cm³/mol. The maximum absolute atomic E-state index is 6.26. The van der Waals surface area contributed by atoms with Gasteiger partial charge in [0.1, 0.15) is 0 Å². The average Bonchev–Trinajstić information content (AvgIpc) is 2.66. The average molecular weight is 279 g/mol. The van der Waals surface area contributed by atoms with Gasteiger partial charge in [-0.1, -0.05) is 17.7 Å². The molecule has 2 rings (SSSR count). The molecule has 0 bridgehead atoms. The summed E-state index contributed by atoms with van der Waals surface area (Å²) in [4.78, 5) is 4.46. The molecule has 5 heteroatoms. The number of aromatic nitrogens is 3. The van der Waals surface area contributed by atoms with Crippen LogP contribution in [-0.2, 0) is 19.6 Å². The van der Waals surface area contributed by atoms with Crippen LogP contribution in [0.15, 0.2) is 18.2 Å². The van der Waals surface area contributed by atoms with Crippen LogP contribution in [0, 0.1) is 13.8 Å². The van der Waals surface area contributed by atoms with Crippen LogP contribution in [0.4, 0.5) is 0 Å². The number of nitrogens with one attached hydrogen (secondary N) is 1. The van der Waals surface area contributed by atoms with Gasteiger partial charge in [0.2, 0.25) is 0 Å². The third-order valence-corrected chi connectivity index (χ3v) is 3.49. The van der Waals surface area contributed by atoms with Gasteiger partial charge in [0, 0.05) is 25.3 Å². The SMILES string of the molecule is CCn1nc(C)c(Cl)c1CNCc1cccc(C)n1. The number of rotatable bonds is 5. The minimum absolute atomic E-state index is 0.698. The van der Waals surface area contributed by atoms with Crippen LogP contribution in [0.5, 0.6) is 0 Å². The van der Waals surface area contributed by atoms with Crippen molar-refractivity contribution in [1.82, 2.24) is 20.1 Å². The molecule has 0 aliphatic rings. The Morgan fingerprint density at radius 3 is 2.74 bits per heavy atom. The van der Waals surface area contributed by atoms with E-state index >= 15 is 0 Å². The topological polar surface area (TPSA) is 42.7 Å². The number of halogens is 1. The summed E-state index contributed by atoms with van der Waals surface area (Å²) in [5.74, 6) is 0. The minimum atomic E-state index is 0.698. The molecule has 0 amide bonds. The fraction of sp³-hybridized carbons (Fsp3) is 0.429. The molecule has 0 aliphatic heterocycles. The van der Waals surface area contributed by atoms with E-state index in [1.807, 2.05) is 36.7 Å². The summed E-state index contributed by atoms with van der Waals surface area (Å²) in [5.41, 5.74) is 3.99. The lowest BCUT2D eigenvalue weighted by atomic mass is 10.3. The van der Waals surface area contributed by atoms with E-state index in [0.29, 0.717) is 6.54 Å². The highest BCUT2D eigenvalue weighted by atomic mass is 35.5. The van der Waals surface area contributed by atoms with Crippen molar-refractivity contribution in [2.24, 2.45) is 0 Å². The molecule has 0 atom stereocenters. The van der Waals surface area contributed by atoms with Crippen molar-refractivity contribution in [2.45, 2.75) is 40.4 Å². The molecule has 4 nitrogen and oxygen atoms in total. The molecule has 0 radical (unpaired) electrons. The molecule has 0 fully saturated rings. The molecule has 0 saturated carbocycles. The summed E-state index contributed by atoms with van der Waals surface area (Å²) in [6.07, 6.45) is 0. The first-order valence-corrected chi connectivity index (χ1v) is 6.84. The number of hydrogen-bond acceptors (Lipinski definition) is 3. The molecule has 19 heavy (non-hydrogen) atoms. The number of nitrogens with zero attached hydrogens (tertiary/aromatic N) is 3. The van der Waals surface area contributed by atoms with Gasteiger partial charge in [-0.3, -0.25) is 9.67 Å². The molecular weight excluding hydrogens is 260 g/mol. The molecule has 1 N–H and O–H groups in total. The second-order valence-corrected chi connectivity index (χ2v) is 4.91. The lowest BCUT2D eigenvalue weighted by Gasteiger charge is -2.07. The summed E-state index contributed by atoms with van der Waals surface area (Å²) in [5, 5.41) is 8.52. The highest BCUT2D eigenvalue weighted by Crippen LogP contribution is 2.19. The van der Waals surface area contributed by atoms with Gasteiger partial charge >= 0.3 is 0 Å². The third kappa shape index (κ3) is 3.33. The molecule has 0 spiro atoms. The first kappa shape index (κ1) is 14.0. The van der Waals surface area contributed by atoms with E-state index in [4.69, 9.17) is 11.6 Å². The van der Waals surface area contributed by atoms with Crippen LogP contribution in [0.3, 0.4) is 0 Å². The van der Waals surface area contributed by atoms with E-state index in [-0.39, 0.29) is 0 Å². The molecule has 0 saturated heterocycles. The molecule has 2 heterocycles. The van der Waals surface area contributed by atoms with Gasteiger partial charge in [-0.15, -0.1) is 0 Å². The Labute approximate surface area is 118 Å². The van der Waals surface area contributed by atoms with Gasteiger partial charge in [-0.05, 0) is 32.9 Å². The van der Waals surface area contributed by atoms with E-state index in [9.17, 15) is 0 Å². The Bertz CT molecular complexity index is 563. The van der Waals surface area contributed by atoms with Crippen molar-refractivity contribution >= 4 is 11.6 Å². The highest BCUT2D eigenvalue weighted by Gasteiger charge is 2.11. The Morgan fingerprint density at radius 2 is 2.05 bits per heavy atom. The molecule has 0 unspecified atom stereocenters. The normalized spacial score (nSPS) is 10.9. The van der Waals surface area contributed by atoms with Crippen LogP contribution >= 0.6 is 11.6 Å². The molecule has 0 aliphatic carbocycles. The maximum Gasteiger partial charge on any atom is 0.0860 e. The number of pyridine rings is 1. The Balaban J connectivity index is 1.99. The predicted octanol–water partition coefficient (Wildman–Crippen LogP) is 2.86. The quantitative estimate of drug-likeness (QED) is 0.914.